The third-order valence-electron chi connectivity index (χ3n) is 5.09. The molecule has 0 spiro atoms. The maximum atomic E-state index is 6.01. The van der Waals surface area contributed by atoms with Crippen LogP contribution in [-0.4, -0.2) is 25.3 Å². The van der Waals surface area contributed by atoms with Crippen molar-refractivity contribution >= 4 is 0 Å². The van der Waals surface area contributed by atoms with E-state index in [-0.39, 0.29) is 0 Å². The molecule has 2 aliphatic rings. The van der Waals surface area contributed by atoms with Crippen LogP contribution < -0.4 is 5.32 Å². The molecule has 2 heteroatoms. The van der Waals surface area contributed by atoms with Crippen molar-refractivity contribution in [1.82, 2.24) is 5.32 Å². The molecule has 2 unspecified atom stereocenters. The molecular formula is C17H33NO. The van der Waals surface area contributed by atoms with Gasteiger partial charge < -0.3 is 10.1 Å². The SMILES string of the molecule is CC(C)C1CCCCC1NCCOC1CCCCC1. The van der Waals surface area contributed by atoms with Crippen LogP contribution in [0.15, 0.2) is 0 Å². The summed E-state index contributed by atoms with van der Waals surface area (Å²) in [5, 5.41) is 3.77. The van der Waals surface area contributed by atoms with Gasteiger partial charge in [0.1, 0.15) is 0 Å². The molecular weight excluding hydrogens is 234 g/mol. The Balaban J connectivity index is 1.60. The molecule has 2 fully saturated rings. The molecule has 0 bridgehead atoms. The molecule has 0 radical (unpaired) electrons. The standard InChI is InChI=1S/C17H33NO/c1-14(2)16-10-6-7-11-17(16)18-12-13-19-15-8-4-3-5-9-15/h14-18H,3-13H2,1-2H3. The number of ether oxygens (including phenoxy) is 1. The lowest BCUT2D eigenvalue weighted by atomic mass is 9.78. The van der Waals surface area contributed by atoms with Crippen LogP contribution in [0.3, 0.4) is 0 Å². The van der Waals surface area contributed by atoms with Crippen LogP contribution in [0.25, 0.3) is 0 Å². The van der Waals surface area contributed by atoms with E-state index in [2.05, 4.69) is 19.2 Å². The Labute approximate surface area is 119 Å². The summed E-state index contributed by atoms with van der Waals surface area (Å²) < 4.78 is 6.01. The molecule has 2 atom stereocenters. The van der Waals surface area contributed by atoms with Gasteiger partial charge in [0, 0.05) is 12.6 Å². The van der Waals surface area contributed by atoms with Crippen LogP contribution >= 0.6 is 0 Å². The zero-order valence-corrected chi connectivity index (χ0v) is 13.0. The molecule has 2 aliphatic carbocycles. The lowest BCUT2D eigenvalue weighted by molar-refractivity contribution is 0.0274. The first-order chi connectivity index (χ1) is 9.27. The molecule has 0 aromatic heterocycles. The lowest BCUT2D eigenvalue weighted by Crippen LogP contribution is -2.42. The Morgan fingerprint density at radius 2 is 1.63 bits per heavy atom. The highest BCUT2D eigenvalue weighted by atomic mass is 16.5. The number of nitrogens with one attached hydrogen (secondary N) is 1. The average Bonchev–Trinajstić information content (AvgIpc) is 2.45. The van der Waals surface area contributed by atoms with Crippen molar-refractivity contribution in [2.75, 3.05) is 13.2 Å². The molecule has 1 N–H and O–H groups in total. The average molecular weight is 267 g/mol. The van der Waals surface area contributed by atoms with E-state index >= 15 is 0 Å². The lowest BCUT2D eigenvalue weighted by Gasteiger charge is -2.35. The summed E-state index contributed by atoms with van der Waals surface area (Å²) in [4.78, 5) is 0. The quantitative estimate of drug-likeness (QED) is 0.730. The normalized spacial score (nSPS) is 29.8. The Hall–Kier alpha value is -0.0800. The van der Waals surface area contributed by atoms with E-state index in [0.29, 0.717) is 6.10 Å². The van der Waals surface area contributed by atoms with Crippen molar-refractivity contribution in [2.24, 2.45) is 11.8 Å². The summed E-state index contributed by atoms with van der Waals surface area (Å²) in [6, 6.07) is 0.740. The summed E-state index contributed by atoms with van der Waals surface area (Å²) >= 11 is 0. The fourth-order valence-electron chi connectivity index (χ4n) is 3.91. The van der Waals surface area contributed by atoms with Crippen molar-refractivity contribution in [3.63, 3.8) is 0 Å². The Kier molecular flexibility index (Phi) is 6.66. The summed E-state index contributed by atoms with van der Waals surface area (Å²) in [6.07, 6.45) is 12.9. The highest BCUT2D eigenvalue weighted by Crippen LogP contribution is 2.30. The van der Waals surface area contributed by atoms with Crippen molar-refractivity contribution in [3.8, 4) is 0 Å². The van der Waals surface area contributed by atoms with E-state index in [1.165, 1.54) is 57.8 Å². The summed E-state index contributed by atoms with van der Waals surface area (Å²) in [5.74, 6) is 1.69. The largest absolute Gasteiger partial charge is 0.377 e. The molecule has 0 aliphatic heterocycles. The zero-order valence-electron chi connectivity index (χ0n) is 13.0. The zero-order chi connectivity index (χ0) is 13.5. The molecule has 19 heavy (non-hydrogen) atoms. The minimum Gasteiger partial charge on any atom is -0.377 e. The maximum absolute atomic E-state index is 6.01. The van der Waals surface area contributed by atoms with Crippen LogP contribution in [0.5, 0.6) is 0 Å². The van der Waals surface area contributed by atoms with E-state index in [0.717, 1.165) is 31.0 Å². The van der Waals surface area contributed by atoms with Gasteiger partial charge in [-0.05, 0) is 37.5 Å². The van der Waals surface area contributed by atoms with Crippen LogP contribution in [0.2, 0.25) is 0 Å². The van der Waals surface area contributed by atoms with Crippen molar-refractivity contribution in [2.45, 2.75) is 83.8 Å². The molecule has 2 saturated carbocycles. The second-order valence-electron chi connectivity index (χ2n) is 6.88. The van der Waals surface area contributed by atoms with E-state index < -0.39 is 0 Å². The Morgan fingerprint density at radius 3 is 2.37 bits per heavy atom. The molecule has 0 heterocycles. The van der Waals surface area contributed by atoms with Crippen LogP contribution in [-0.2, 0) is 4.74 Å². The van der Waals surface area contributed by atoms with Crippen molar-refractivity contribution < 1.29 is 4.74 Å². The molecule has 112 valence electrons. The fraction of sp³-hybridized carbons (Fsp3) is 1.00. The second kappa shape index (κ2) is 8.26. The minimum atomic E-state index is 0.558. The first-order valence-corrected chi connectivity index (χ1v) is 8.62. The Bertz CT molecular complexity index is 235. The van der Waals surface area contributed by atoms with Crippen LogP contribution in [0, 0.1) is 11.8 Å². The molecule has 2 rings (SSSR count). The van der Waals surface area contributed by atoms with Gasteiger partial charge in [-0.25, -0.2) is 0 Å². The number of hydrogen-bond acceptors (Lipinski definition) is 2. The van der Waals surface area contributed by atoms with Crippen LogP contribution in [0.1, 0.15) is 71.6 Å². The molecule has 2 nitrogen and oxygen atoms in total. The topological polar surface area (TPSA) is 21.3 Å². The van der Waals surface area contributed by atoms with Gasteiger partial charge >= 0.3 is 0 Å². The van der Waals surface area contributed by atoms with Gasteiger partial charge in [0.05, 0.1) is 12.7 Å². The summed E-state index contributed by atoms with van der Waals surface area (Å²) in [7, 11) is 0. The highest BCUT2D eigenvalue weighted by Gasteiger charge is 2.26. The number of rotatable bonds is 6. The third-order valence-corrected chi connectivity index (χ3v) is 5.09. The Morgan fingerprint density at radius 1 is 0.947 bits per heavy atom. The first-order valence-electron chi connectivity index (χ1n) is 8.62. The molecule has 0 aromatic rings. The minimum absolute atomic E-state index is 0.558. The predicted molar refractivity (Wildman–Crippen MR) is 81.4 cm³/mol. The fourth-order valence-corrected chi connectivity index (χ4v) is 3.91. The van der Waals surface area contributed by atoms with Gasteiger partial charge in [-0.2, -0.15) is 0 Å². The number of hydrogen-bond donors (Lipinski definition) is 1. The summed E-state index contributed by atoms with van der Waals surface area (Å²) in [6.45, 7) is 6.71. The van der Waals surface area contributed by atoms with E-state index in [9.17, 15) is 0 Å². The smallest absolute Gasteiger partial charge is 0.0594 e. The van der Waals surface area contributed by atoms with E-state index in [1.54, 1.807) is 0 Å². The first kappa shape index (κ1) is 15.3. The van der Waals surface area contributed by atoms with E-state index in [1.807, 2.05) is 0 Å². The summed E-state index contributed by atoms with van der Waals surface area (Å²) in [5.41, 5.74) is 0. The predicted octanol–water partition coefficient (Wildman–Crippen LogP) is 4.14. The third kappa shape index (κ3) is 5.07. The van der Waals surface area contributed by atoms with Gasteiger partial charge in [0.2, 0.25) is 0 Å². The van der Waals surface area contributed by atoms with Gasteiger partial charge in [0.15, 0.2) is 0 Å². The monoisotopic (exact) mass is 267 g/mol. The van der Waals surface area contributed by atoms with Gasteiger partial charge in [-0.1, -0.05) is 46.0 Å². The van der Waals surface area contributed by atoms with Gasteiger partial charge in [-0.3, -0.25) is 0 Å². The maximum Gasteiger partial charge on any atom is 0.0594 e. The van der Waals surface area contributed by atoms with Gasteiger partial charge in [0.25, 0.3) is 0 Å². The molecule has 0 amide bonds. The molecule has 0 aromatic carbocycles. The van der Waals surface area contributed by atoms with Crippen molar-refractivity contribution in [1.29, 1.82) is 0 Å². The van der Waals surface area contributed by atoms with Gasteiger partial charge in [-0.15, -0.1) is 0 Å². The van der Waals surface area contributed by atoms with Crippen molar-refractivity contribution in [3.05, 3.63) is 0 Å². The molecule has 0 saturated heterocycles. The highest BCUT2D eigenvalue weighted by molar-refractivity contribution is 4.82. The van der Waals surface area contributed by atoms with Crippen LogP contribution in [0.4, 0.5) is 0 Å². The van der Waals surface area contributed by atoms with E-state index in [4.69, 9.17) is 4.74 Å². The second-order valence-corrected chi connectivity index (χ2v) is 6.88.